The third kappa shape index (κ3) is 2.64. The number of hydrogen-bond acceptors (Lipinski definition) is 1. The lowest BCUT2D eigenvalue weighted by Crippen LogP contribution is -1.88. The Morgan fingerprint density at radius 3 is 2.75 bits per heavy atom. The van der Waals surface area contributed by atoms with Gasteiger partial charge in [0.25, 0.3) is 0 Å². The lowest BCUT2D eigenvalue weighted by atomic mass is 10.2. The van der Waals surface area contributed by atoms with E-state index in [9.17, 15) is 0 Å². The molecule has 0 bridgehead atoms. The van der Waals surface area contributed by atoms with Gasteiger partial charge in [0, 0.05) is 15.5 Å². The fourth-order valence-corrected chi connectivity index (χ4v) is 1.43. The molecule has 12 heavy (non-hydrogen) atoms. The van der Waals surface area contributed by atoms with Gasteiger partial charge in [-0.1, -0.05) is 50.1 Å². The van der Waals surface area contributed by atoms with Crippen LogP contribution in [-0.4, -0.2) is 5.33 Å². The molecule has 1 rings (SSSR count). The Hall–Kier alpha value is -0.280. The molecule has 1 aromatic carbocycles. The van der Waals surface area contributed by atoms with Crippen molar-refractivity contribution in [3.8, 4) is 0 Å². The fourth-order valence-electron chi connectivity index (χ4n) is 0.869. The maximum Gasteiger partial charge on any atom is 0.0398 e. The van der Waals surface area contributed by atoms with Crippen molar-refractivity contribution in [2.75, 3.05) is 11.1 Å². The predicted molar refractivity (Wildman–Crippen MR) is 61.4 cm³/mol. The zero-order valence-corrected chi connectivity index (χ0v) is 9.60. The Kier molecular flexibility index (Phi) is 3.82. The summed E-state index contributed by atoms with van der Waals surface area (Å²) in [5, 5.41) is 0.850. The molecule has 0 amide bonds. The van der Waals surface area contributed by atoms with Crippen molar-refractivity contribution in [1.29, 1.82) is 0 Å². The summed E-state index contributed by atoms with van der Waals surface area (Å²) in [6.45, 7) is 0. The van der Waals surface area contributed by atoms with Gasteiger partial charge in [-0.15, -0.1) is 0 Å². The second kappa shape index (κ2) is 4.67. The molecule has 0 unspecified atom stereocenters. The van der Waals surface area contributed by atoms with E-state index < -0.39 is 0 Å². The topological polar surface area (TPSA) is 26.0 Å². The van der Waals surface area contributed by atoms with Crippen LogP contribution in [0.4, 0.5) is 5.69 Å². The van der Waals surface area contributed by atoms with Crippen molar-refractivity contribution >= 4 is 43.6 Å². The largest absolute Gasteiger partial charge is 0.398 e. The van der Waals surface area contributed by atoms with E-state index in [0.717, 1.165) is 21.1 Å². The van der Waals surface area contributed by atoms with Crippen molar-refractivity contribution in [2.45, 2.75) is 0 Å². The Balaban J connectivity index is 2.94. The van der Waals surface area contributed by atoms with Crippen LogP contribution in [0.3, 0.4) is 0 Å². The highest BCUT2D eigenvalue weighted by molar-refractivity contribution is 9.10. The SMILES string of the molecule is Nc1cc(Br)ccc1C=CCBr. The summed E-state index contributed by atoms with van der Waals surface area (Å²) in [7, 11) is 0. The molecule has 0 fully saturated rings. The average molecular weight is 291 g/mol. The van der Waals surface area contributed by atoms with E-state index in [1.54, 1.807) is 0 Å². The average Bonchev–Trinajstić information content (AvgIpc) is 2.03. The van der Waals surface area contributed by atoms with Crippen LogP contribution < -0.4 is 5.73 Å². The van der Waals surface area contributed by atoms with Gasteiger partial charge in [0.05, 0.1) is 0 Å². The van der Waals surface area contributed by atoms with Crippen molar-refractivity contribution in [2.24, 2.45) is 0 Å². The first kappa shape index (κ1) is 9.81. The number of anilines is 1. The molecule has 0 aliphatic carbocycles. The molecule has 0 saturated heterocycles. The van der Waals surface area contributed by atoms with Crippen LogP contribution in [0.25, 0.3) is 6.08 Å². The van der Waals surface area contributed by atoms with Gasteiger partial charge in [0.2, 0.25) is 0 Å². The Morgan fingerprint density at radius 1 is 1.42 bits per heavy atom. The standard InChI is InChI=1S/C9H9Br2N/c10-5-1-2-7-3-4-8(11)6-9(7)12/h1-4,6H,5,12H2. The fraction of sp³-hybridized carbons (Fsp3) is 0.111. The normalized spacial score (nSPS) is 10.8. The van der Waals surface area contributed by atoms with Crippen LogP contribution in [-0.2, 0) is 0 Å². The molecule has 0 saturated carbocycles. The van der Waals surface area contributed by atoms with E-state index >= 15 is 0 Å². The second-order valence-electron chi connectivity index (χ2n) is 2.33. The van der Waals surface area contributed by atoms with Crippen LogP contribution in [0, 0.1) is 0 Å². The number of allylic oxidation sites excluding steroid dienone is 1. The Morgan fingerprint density at radius 2 is 2.17 bits per heavy atom. The van der Waals surface area contributed by atoms with Crippen molar-refractivity contribution < 1.29 is 0 Å². The van der Waals surface area contributed by atoms with E-state index in [4.69, 9.17) is 5.73 Å². The van der Waals surface area contributed by atoms with Gasteiger partial charge in [0.1, 0.15) is 0 Å². The first-order chi connectivity index (χ1) is 5.74. The molecule has 64 valence electrons. The van der Waals surface area contributed by atoms with Gasteiger partial charge in [-0.25, -0.2) is 0 Å². The first-order valence-corrected chi connectivity index (χ1v) is 5.43. The molecule has 0 aliphatic heterocycles. The molecular weight excluding hydrogens is 282 g/mol. The zero-order chi connectivity index (χ0) is 8.97. The molecule has 0 heterocycles. The maximum atomic E-state index is 5.77. The zero-order valence-electron chi connectivity index (χ0n) is 6.43. The highest BCUT2D eigenvalue weighted by Crippen LogP contribution is 2.19. The van der Waals surface area contributed by atoms with Crippen LogP contribution in [0.1, 0.15) is 5.56 Å². The third-order valence-electron chi connectivity index (χ3n) is 1.44. The number of nitrogens with two attached hydrogens (primary N) is 1. The van der Waals surface area contributed by atoms with Crippen LogP contribution in [0.5, 0.6) is 0 Å². The molecule has 0 aromatic heterocycles. The molecule has 3 heteroatoms. The van der Waals surface area contributed by atoms with Gasteiger partial charge in [-0.05, 0) is 17.7 Å². The van der Waals surface area contributed by atoms with Crippen LogP contribution in [0.2, 0.25) is 0 Å². The van der Waals surface area contributed by atoms with E-state index in [-0.39, 0.29) is 0 Å². The number of rotatable bonds is 2. The molecule has 0 spiro atoms. The number of benzene rings is 1. The van der Waals surface area contributed by atoms with Crippen molar-refractivity contribution in [3.05, 3.63) is 34.3 Å². The molecule has 1 aromatic rings. The number of halogens is 2. The van der Waals surface area contributed by atoms with Crippen LogP contribution in [0.15, 0.2) is 28.7 Å². The van der Waals surface area contributed by atoms with Gasteiger partial charge in [0.15, 0.2) is 0 Å². The van der Waals surface area contributed by atoms with E-state index in [0.29, 0.717) is 0 Å². The summed E-state index contributed by atoms with van der Waals surface area (Å²) >= 11 is 6.66. The number of hydrogen-bond donors (Lipinski definition) is 1. The highest BCUT2D eigenvalue weighted by atomic mass is 79.9. The predicted octanol–water partition coefficient (Wildman–Crippen LogP) is 3.44. The lowest BCUT2D eigenvalue weighted by Gasteiger charge is -1.99. The molecule has 1 nitrogen and oxygen atoms in total. The van der Waals surface area contributed by atoms with Crippen LogP contribution >= 0.6 is 31.9 Å². The summed E-state index contributed by atoms with van der Waals surface area (Å²) in [4.78, 5) is 0. The van der Waals surface area contributed by atoms with Crippen molar-refractivity contribution in [1.82, 2.24) is 0 Å². The molecular formula is C9H9Br2N. The van der Waals surface area contributed by atoms with Gasteiger partial charge in [-0.3, -0.25) is 0 Å². The van der Waals surface area contributed by atoms with E-state index in [2.05, 4.69) is 31.9 Å². The lowest BCUT2D eigenvalue weighted by molar-refractivity contribution is 1.59. The van der Waals surface area contributed by atoms with Gasteiger partial charge in [-0.2, -0.15) is 0 Å². The minimum Gasteiger partial charge on any atom is -0.398 e. The van der Waals surface area contributed by atoms with E-state index in [1.165, 1.54) is 0 Å². The molecule has 0 aliphatic rings. The minimum absolute atomic E-state index is 0.793. The number of alkyl halides is 1. The van der Waals surface area contributed by atoms with Gasteiger partial charge >= 0.3 is 0 Å². The highest BCUT2D eigenvalue weighted by Gasteiger charge is 1.94. The second-order valence-corrected chi connectivity index (χ2v) is 3.89. The summed E-state index contributed by atoms with van der Waals surface area (Å²) in [6, 6.07) is 5.86. The molecule has 0 atom stereocenters. The van der Waals surface area contributed by atoms with E-state index in [1.807, 2.05) is 30.4 Å². The monoisotopic (exact) mass is 289 g/mol. The molecule has 0 radical (unpaired) electrons. The van der Waals surface area contributed by atoms with Gasteiger partial charge < -0.3 is 5.73 Å². The Bertz CT molecular complexity index is 295. The summed E-state index contributed by atoms with van der Waals surface area (Å²) in [5.41, 5.74) is 7.61. The quantitative estimate of drug-likeness (QED) is 0.655. The first-order valence-electron chi connectivity index (χ1n) is 3.51. The molecule has 2 N–H and O–H groups in total. The maximum absolute atomic E-state index is 5.77. The smallest absolute Gasteiger partial charge is 0.0398 e. The Labute approximate surface area is 88.9 Å². The van der Waals surface area contributed by atoms with Crippen molar-refractivity contribution in [3.63, 3.8) is 0 Å². The summed E-state index contributed by atoms with van der Waals surface area (Å²) in [5.74, 6) is 0. The number of nitrogen functional groups attached to an aromatic ring is 1. The minimum atomic E-state index is 0.793. The summed E-state index contributed by atoms with van der Waals surface area (Å²) < 4.78 is 1.01. The summed E-state index contributed by atoms with van der Waals surface area (Å²) in [6.07, 6.45) is 4.01. The third-order valence-corrected chi connectivity index (χ3v) is 2.30.